The number of hydrogen-bond acceptors (Lipinski definition) is 7. The zero-order valence-electron chi connectivity index (χ0n) is 13.2. The van der Waals surface area contributed by atoms with Crippen molar-refractivity contribution in [3.8, 4) is 17.6 Å². The number of sulfone groups is 1. The Morgan fingerprint density at radius 2 is 1.96 bits per heavy atom. The second-order valence-corrected chi connectivity index (χ2v) is 7.28. The summed E-state index contributed by atoms with van der Waals surface area (Å²) >= 11 is 5.72. The molecule has 0 aliphatic rings. The SMILES string of the molecule is COc1cc(/C=C(\C#N)S(=O)(=O)c2ccc(Cl)cc2)cc([N+](=O)[O-])c1O. The van der Waals surface area contributed by atoms with Gasteiger partial charge in [0, 0.05) is 11.1 Å². The molecule has 0 saturated carbocycles. The minimum absolute atomic E-state index is 0.000406. The third kappa shape index (κ3) is 3.77. The molecular weight excluding hydrogens is 384 g/mol. The molecule has 0 radical (unpaired) electrons. The number of nitro benzene ring substituents is 1. The van der Waals surface area contributed by atoms with Crippen molar-refractivity contribution >= 4 is 33.2 Å². The summed E-state index contributed by atoms with van der Waals surface area (Å²) in [4.78, 5) is 9.37. The van der Waals surface area contributed by atoms with Crippen molar-refractivity contribution in [1.29, 1.82) is 5.26 Å². The lowest BCUT2D eigenvalue weighted by atomic mass is 10.1. The third-order valence-electron chi connectivity index (χ3n) is 3.32. The zero-order chi connectivity index (χ0) is 19.5. The summed E-state index contributed by atoms with van der Waals surface area (Å²) in [5.41, 5.74) is -0.683. The van der Waals surface area contributed by atoms with E-state index >= 15 is 0 Å². The van der Waals surface area contributed by atoms with Crippen molar-refractivity contribution in [3.05, 3.63) is 62.0 Å². The van der Waals surface area contributed by atoms with Crippen LogP contribution in [0.1, 0.15) is 5.56 Å². The molecule has 2 rings (SSSR count). The summed E-state index contributed by atoms with van der Waals surface area (Å²) < 4.78 is 30.0. The Morgan fingerprint density at radius 1 is 1.35 bits per heavy atom. The second-order valence-electron chi connectivity index (χ2n) is 4.93. The number of allylic oxidation sites excluding steroid dienone is 1. The Bertz CT molecular complexity index is 1040. The number of methoxy groups -OCH3 is 1. The molecule has 0 bridgehead atoms. The topological polar surface area (TPSA) is 131 Å². The van der Waals surface area contributed by atoms with Gasteiger partial charge in [-0.25, -0.2) is 8.42 Å². The molecule has 10 heteroatoms. The lowest BCUT2D eigenvalue weighted by Crippen LogP contribution is -2.03. The van der Waals surface area contributed by atoms with Crippen molar-refractivity contribution in [3.63, 3.8) is 0 Å². The summed E-state index contributed by atoms with van der Waals surface area (Å²) in [5.74, 6) is -0.930. The molecule has 0 spiro atoms. The number of aromatic hydroxyl groups is 1. The van der Waals surface area contributed by atoms with Gasteiger partial charge in [0.15, 0.2) is 5.75 Å². The molecule has 0 aliphatic heterocycles. The van der Waals surface area contributed by atoms with Gasteiger partial charge in [0.25, 0.3) is 0 Å². The van der Waals surface area contributed by atoms with Crippen LogP contribution < -0.4 is 4.74 Å². The number of nitrogens with zero attached hydrogens (tertiary/aromatic N) is 2. The normalized spacial score (nSPS) is 11.7. The first-order valence-electron chi connectivity index (χ1n) is 6.88. The van der Waals surface area contributed by atoms with Gasteiger partial charge in [-0.15, -0.1) is 0 Å². The minimum atomic E-state index is -4.16. The fourth-order valence-electron chi connectivity index (χ4n) is 2.05. The molecule has 0 fully saturated rings. The molecule has 134 valence electrons. The van der Waals surface area contributed by atoms with Crippen LogP contribution in [-0.2, 0) is 9.84 Å². The molecule has 0 saturated heterocycles. The first-order valence-corrected chi connectivity index (χ1v) is 8.74. The minimum Gasteiger partial charge on any atom is -0.500 e. The molecule has 0 amide bonds. The van der Waals surface area contributed by atoms with E-state index in [4.69, 9.17) is 16.3 Å². The Balaban J connectivity index is 2.62. The van der Waals surface area contributed by atoms with Crippen molar-refractivity contribution < 1.29 is 23.2 Å². The van der Waals surface area contributed by atoms with Crippen LogP contribution >= 0.6 is 11.6 Å². The van der Waals surface area contributed by atoms with Crippen LogP contribution in [0.3, 0.4) is 0 Å². The smallest absolute Gasteiger partial charge is 0.315 e. The van der Waals surface area contributed by atoms with Gasteiger partial charge in [0.2, 0.25) is 15.6 Å². The average Bonchev–Trinajstić information content (AvgIpc) is 2.60. The highest BCUT2D eigenvalue weighted by atomic mass is 35.5. The first-order chi connectivity index (χ1) is 12.2. The van der Waals surface area contributed by atoms with Crippen molar-refractivity contribution in [2.75, 3.05) is 7.11 Å². The van der Waals surface area contributed by atoms with E-state index in [0.717, 1.165) is 12.1 Å². The average molecular weight is 395 g/mol. The van der Waals surface area contributed by atoms with Crippen molar-refractivity contribution in [2.24, 2.45) is 0 Å². The lowest BCUT2D eigenvalue weighted by Gasteiger charge is -2.07. The molecular formula is C16H11ClN2O6S. The van der Waals surface area contributed by atoms with Crippen LogP contribution in [0.4, 0.5) is 5.69 Å². The Kier molecular flexibility index (Phi) is 5.50. The monoisotopic (exact) mass is 394 g/mol. The summed E-state index contributed by atoms with van der Waals surface area (Å²) in [5, 5.41) is 30.4. The summed E-state index contributed by atoms with van der Waals surface area (Å²) in [6, 6.07) is 8.88. The van der Waals surface area contributed by atoms with Crippen LogP contribution in [-0.4, -0.2) is 25.6 Å². The number of nitriles is 1. The molecule has 8 nitrogen and oxygen atoms in total. The number of phenolic OH excluding ortho intramolecular Hbond substituents is 1. The molecule has 26 heavy (non-hydrogen) atoms. The highest BCUT2D eigenvalue weighted by molar-refractivity contribution is 7.95. The molecule has 2 aromatic carbocycles. The van der Waals surface area contributed by atoms with Gasteiger partial charge in [-0.2, -0.15) is 5.26 Å². The van der Waals surface area contributed by atoms with E-state index in [1.807, 2.05) is 0 Å². The van der Waals surface area contributed by atoms with E-state index in [1.165, 1.54) is 37.4 Å². The predicted molar refractivity (Wildman–Crippen MR) is 93.5 cm³/mol. The van der Waals surface area contributed by atoms with Gasteiger partial charge in [-0.05, 0) is 42.0 Å². The fraction of sp³-hybridized carbons (Fsp3) is 0.0625. The number of hydrogen-bond donors (Lipinski definition) is 1. The third-order valence-corrected chi connectivity index (χ3v) is 5.25. The lowest BCUT2D eigenvalue weighted by molar-refractivity contribution is -0.386. The summed E-state index contributed by atoms with van der Waals surface area (Å²) in [7, 11) is -2.98. The molecule has 0 heterocycles. The number of ether oxygens (including phenoxy) is 1. The highest BCUT2D eigenvalue weighted by Crippen LogP contribution is 2.37. The highest BCUT2D eigenvalue weighted by Gasteiger charge is 2.23. The van der Waals surface area contributed by atoms with Crippen molar-refractivity contribution in [2.45, 2.75) is 4.90 Å². The van der Waals surface area contributed by atoms with Crippen LogP contribution in [0.5, 0.6) is 11.5 Å². The number of phenols is 1. The summed E-state index contributed by atoms with van der Waals surface area (Å²) in [6.45, 7) is 0. The maximum Gasteiger partial charge on any atom is 0.315 e. The Morgan fingerprint density at radius 3 is 2.46 bits per heavy atom. The van der Waals surface area contributed by atoms with Gasteiger partial charge in [-0.1, -0.05) is 11.6 Å². The number of rotatable bonds is 5. The molecule has 0 aliphatic carbocycles. The number of benzene rings is 2. The largest absolute Gasteiger partial charge is 0.500 e. The van der Waals surface area contributed by atoms with Gasteiger partial charge in [0.05, 0.1) is 16.9 Å². The molecule has 0 atom stereocenters. The van der Waals surface area contributed by atoms with E-state index in [1.54, 1.807) is 6.07 Å². The Labute approximate surface area is 153 Å². The first kappa shape index (κ1) is 19.2. The molecule has 0 unspecified atom stereocenters. The van der Waals surface area contributed by atoms with Crippen LogP contribution in [0.2, 0.25) is 5.02 Å². The number of nitro groups is 1. The molecule has 1 N–H and O–H groups in total. The van der Waals surface area contributed by atoms with Crippen LogP contribution in [0.15, 0.2) is 46.2 Å². The van der Waals surface area contributed by atoms with Gasteiger partial charge in [0.1, 0.15) is 11.0 Å². The fourth-order valence-corrected chi connectivity index (χ4v) is 3.34. The molecule has 0 aromatic heterocycles. The van der Waals surface area contributed by atoms with Gasteiger partial charge < -0.3 is 9.84 Å². The van der Waals surface area contributed by atoms with Gasteiger partial charge >= 0.3 is 5.69 Å². The standard InChI is InChI=1S/C16H11ClN2O6S/c1-25-15-8-10(7-14(16(15)20)19(21)22)6-13(9-18)26(23,24)12-4-2-11(17)3-5-12/h2-8,20H,1H3/b13-6+. The van der Waals surface area contributed by atoms with E-state index < -0.39 is 31.1 Å². The van der Waals surface area contributed by atoms with E-state index in [-0.39, 0.29) is 16.2 Å². The summed E-state index contributed by atoms with van der Waals surface area (Å²) in [6.07, 6.45) is 0.957. The maximum absolute atomic E-state index is 12.6. The second kappa shape index (κ2) is 7.43. The molecule has 2 aromatic rings. The van der Waals surface area contributed by atoms with E-state index in [9.17, 15) is 28.9 Å². The zero-order valence-corrected chi connectivity index (χ0v) is 14.8. The van der Waals surface area contributed by atoms with E-state index in [2.05, 4.69) is 0 Å². The van der Waals surface area contributed by atoms with Crippen LogP contribution in [0.25, 0.3) is 6.08 Å². The maximum atomic E-state index is 12.6. The Hall–Kier alpha value is -3.09. The number of halogens is 1. The van der Waals surface area contributed by atoms with E-state index in [0.29, 0.717) is 5.02 Å². The van der Waals surface area contributed by atoms with Crippen LogP contribution in [0, 0.1) is 21.4 Å². The van der Waals surface area contributed by atoms with Crippen molar-refractivity contribution in [1.82, 2.24) is 0 Å². The van der Waals surface area contributed by atoms with Gasteiger partial charge in [-0.3, -0.25) is 10.1 Å². The predicted octanol–water partition coefficient (Wildman–Crippen LogP) is 3.30. The quantitative estimate of drug-likeness (QED) is 0.467.